The molecule has 2 rings (SSSR count). The van der Waals surface area contributed by atoms with Gasteiger partial charge in [-0.25, -0.2) is 0 Å². The summed E-state index contributed by atoms with van der Waals surface area (Å²) in [7, 11) is 0. The van der Waals surface area contributed by atoms with E-state index in [0.29, 0.717) is 50.2 Å². The van der Waals surface area contributed by atoms with E-state index in [1.165, 1.54) is 0 Å². The number of piperidine rings is 1. The zero-order chi connectivity index (χ0) is 14.0. The van der Waals surface area contributed by atoms with E-state index in [4.69, 9.17) is 5.73 Å². The summed E-state index contributed by atoms with van der Waals surface area (Å²) in [6.45, 7) is 3.86. The van der Waals surface area contributed by atoms with Crippen LogP contribution in [0.25, 0.3) is 0 Å². The minimum Gasteiger partial charge on any atom is -0.330 e. The molecule has 0 radical (unpaired) electrons. The minimum absolute atomic E-state index is 0.296. The van der Waals surface area contributed by atoms with Gasteiger partial charge in [0.25, 0.3) is 0 Å². The Hall–Kier alpha value is -0.290. The van der Waals surface area contributed by atoms with Crippen molar-refractivity contribution < 1.29 is 13.2 Å². The number of hydrogen-bond donors (Lipinski definition) is 1. The number of nitrogens with two attached hydrogens (primary N) is 1. The van der Waals surface area contributed by atoms with E-state index in [2.05, 4.69) is 11.8 Å². The van der Waals surface area contributed by atoms with Gasteiger partial charge in [-0.1, -0.05) is 0 Å². The Bertz CT molecular complexity index is 285. The third-order valence-corrected chi connectivity index (χ3v) is 4.99. The average molecular weight is 278 g/mol. The summed E-state index contributed by atoms with van der Waals surface area (Å²) in [6.07, 6.45) is 0.248. The SMILES string of the molecule is CC1CCC(CN)CN1C1CCC(C(F)(F)F)CC1. The third-order valence-electron chi connectivity index (χ3n) is 4.99. The molecule has 0 bridgehead atoms. The van der Waals surface area contributed by atoms with Gasteiger partial charge >= 0.3 is 6.18 Å². The molecule has 0 amide bonds. The van der Waals surface area contributed by atoms with Gasteiger partial charge in [0.15, 0.2) is 0 Å². The van der Waals surface area contributed by atoms with E-state index >= 15 is 0 Å². The molecule has 2 fully saturated rings. The average Bonchev–Trinajstić information content (AvgIpc) is 2.38. The number of alkyl halides is 3. The second-order valence-corrected chi connectivity index (χ2v) is 6.27. The van der Waals surface area contributed by atoms with Crippen LogP contribution in [-0.4, -0.2) is 36.2 Å². The van der Waals surface area contributed by atoms with Gasteiger partial charge in [-0.2, -0.15) is 13.2 Å². The van der Waals surface area contributed by atoms with Crippen LogP contribution in [-0.2, 0) is 0 Å². The number of hydrogen-bond acceptors (Lipinski definition) is 2. The maximum atomic E-state index is 12.7. The molecular weight excluding hydrogens is 253 g/mol. The second kappa shape index (κ2) is 6.00. The van der Waals surface area contributed by atoms with Crippen LogP contribution < -0.4 is 5.73 Å². The molecular formula is C14H25F3N2. The van der Waals surface area contributed by atoms with E-state index < -0.39 is 12.1 Å². The summed E-state index contributed by atoms with van der Waals surface area (Å²) >= 11 is 0. The van der Waals surface area contributed by atoms with Crippen molar-refractivity contribution in [1.29, 1.82) is 0 Å². The van der Waals surface area contributed by atoms with Crippen LogP contribution in [0, 0.1) is 11.8 Å². The Balaban J connectivity index is 1.89. The first-order valence-corrected chi connectivity index (χ1v) is 7.44. The second-order valence-electron chi connectivity index (χ2n) is 6.27. The van der Waals surface area contributed by atoms with Crippen molar-refractivity contribution in [2.75, 3.05) is 13.1 Å². The quantitative estimate of drug-likeness (QED) is 0.840. The van der Waals surface area contributed by atoms with Crippen LogP contribution in [0.4, 0.5) is 13.2 Å². The summed E-state index contributed by atoms with van der Waals surface area (Å²) in [4.78, 5) is 2.42. The minimum atomic E-state index is -4.00. The predicted molar refractivity (Wildman–Crippen MR) is 69.7 cm³/mol. The fourth-order valence-electron chi connectivity index (χ4n) is 3.65. The molecule has 2 aliphatic rings. The van der Waals surface area contributed by atoms with E-state index in [-0.39, 0.29) is 0 Å². The van der Waals surface area contributed by atoms with Crippen LogP contribution in [0.5, 0.6) is 0 Å². The molecule has 2 N–H and O–H groups in total. The molecule has 1 saturated carbocycles. The van der Waals surface area contributed by atoms with Crippen LogP contribution in [0.3, 0.4) is 0 Å². The highest BCUT2D eigenvalue weighted by Gasteiger charge is 2.43. The maximum Gasteiger partial charge on any atom is 0.391 e. The zero-order valence-electron chi connectivity index (χ0n) is 11.6. The summed E-state index contributed by atoms with van der Waals surface area (Å²) in [6, 6.07) is 0.832. The molecule has 2 unspecified atom stereocenters. The first kappa shape index (κ1) is 15.1. The maximum absolute atomic E-state index is 12.7. The molecule has 0 aromatic heterocycles. The summed E-state index contributed by atoms with van der Waals surface area (Å²) in [5.74, 6) is -0.550. The van der Waals surface area contributed by atoms with Crippen molar-refractivity contribution in [3.05, 3.63) is 0 Å². The molecule has 2 nitrogen and oxygen atoms in total. The highest BCUT2D eigenvalue weighted by atomic mass is 19.4. The molecule has 1 heterocycles. The largest absolute Gasteiger partial charge is 0.391 e. The van der Waals surface area contributed by atoms with Gasteiger partial charge < -0.3 is 5.73 Å². The Morgan fingerprint density at radius 2 is 1.68 bits per heavy atom. The fraction of sp³-hybridized carbons (Fsp3) is 1.00. The fourth-order valence-corrected chi connectivity index (χ4v) is 3.65. The third kappa shape index (κ3) is 3.63. The Morgan fingerprint density at radius 1 is 1.05 bits per heavy atom. The van der Waals surface area contributed by atoms with E-state index in [1.807, 2.05) is 0 Å². The lowest BCUT2D eigenvalue weighted by atomic mass is 9.82. The van der Waals surface area contributed by atoms with Gasteiger partial charge in [0, 0.05) is 18.6 Å². The van der Waals surface area contributed by atoms with Crippen molar-refractivity contribution in [3.8, 4) is 0 Å². The van der Waals surface area contributed by atoms with E-state index in [1.54, 1.807) is 0 Å². The van der Waals surface area contributed by atoms with E-state index in [0.717, 1.165) is 19.4 Å². The molecule has 19 heavy (non-hydrogen) atoms. The van der Waals surface area contributed by atoms with Gasteiger partial charge in [0.1, 0.15) is 0 Å². The molecule has 5 heteroatoms. The van der Waals surface area contributed by atoms with Crippen LogP contribution in [0.1, 0.15) is 45.4 Å². The van der Waals surface area contributed by atoms with Gasteiger partial charge in [-0.05, 0) is 57.9 Å². The van der Waals surface area contributed by atoms with Crippen molar-refractivity contribution in [2.24, 2.45) is 17.6 Å². The number of nitrogens with zero attached hydrogens (tertiary/aromatic N) is 1. The van der Waals surface area contributed by atoms with Gasteiger partial charge in [-0.15, -0.1) is 0 Å². The molecule has 0 aromatic rings. The van der Waals surface area contributed by atoms with Gasteiger partial charge in [-0.3, -0.25) is 4.90 Å². The molecule has 0 aromatic carbocycles. The topological polar surface area (TPSA) is 29.3 Å². The highest BCUT2D eigenvalue weighted by Crippen LogP contribution is 2.40. The Labute approximate surface area is 113 Å². The molecule has 1 saturated heterocycles. The van der Waals surface area contributed by atoms with Crippen molar-refractivity contribution in [3.63, 3.8) is 0 Å². The predicted octanol–water partition coefficient (Wildman–Crippen LogP) is 3.17. The van der Waals surface area contributed by atoms with E-state index in [9.17, 15) is 13.2 Å². The van der Waals surface area contributed by atoms with Crippen molar-refractivity contribution in [1.82, 2.24) is 4.90 Å². The lowest BCUT2D eigenvalue weighted by Gasteiger charge is -2.45. The lowest BCUT2D eigenvalue weighted by molar-refractivity contribution is -0.185. The van der Waals surface area contributed by atoms with Crippen LogP contribution in [0.2, 0.25) is 0 Å². The van der Waals surface area contributed by atoms with Crippen LogP contribution in [0.15, 0.2) is 0 Å². The van der Waals surface area contributed by atoms with Crippen LogP contribution >= 0.6 is 0 Å². The molecule has 2 atom stereocenters. The first-order valence-electron chi connectivity index (χ1n) is 7.44. The summed E-state index contributed by atoms with van der Waals surface area (Å²) < 4.78 is 38.0. The van der Waals surface area contributed by atoms with Gasteiger partial charge in [0.05, 0.1) is 5.92 Å². The lowest BCUT2D eigenvalue weighted by Crippen LogP contribution is -2.50. The first-order chi connectivity index (χ1) is 8.91. The number of halogens is 3. The smallest absolute Gasteiger partial charge is 0.330 e. The molecule has 1 aliphatic carbocycles. The summed E-state index contributed by atoms with van der Waals surface area (Å²) in [5, 5.41) is 0. The standard InChI is InChI=1S/C14H25F3N2/c1-10-2-3-11(8-18)9-19(10)13-6-4-12(5-7-13)14(15,16)17/h10-13H,2-9,18H2,1H3. The number of rotatable bonds is 2. The normalized spacial score (nSPS) is 38.4. The summed E-state index contributed by atoms with van der Waals surface area (Å²) in [5.41, 5.74) is 5.74. The Morgan fingerprint density at radius 3 is 2.21 bits per heavy atom. The molecule has 112 valence electrons. The van der Waals surface area contributed by atoms with Crippen molar-refractivity contribution >= 4 is 0 Å². The number of likely N-dealkylation sites (tertiary alicyclic amines) is 1. The molecule has 0 spiro atoms. The molecule has 1 aliphatic heterocycles. The zero-order valence-corrected chi connectivity index (χ0v) is 11.6. The Kier molecular flexibility index (Phi) is 4.77. The highest BCUT2D eigenvalue weighted by molar-refractivity contribution is 4.88. The van der Waals surface area contributed by atoms with Crippen molar-refractivity contribution in [2.45, 2.75) is 63.7 Å². The monoisotopic (exact) mass is 278 g/mol. The van der Waals surface area contributed by atoms with Gasteiger partial charge in [0.2, 0.25) is 0 Å².